The summed E-state index contributed by atoms with van der Waals surface area (Å²) in [5.41, 5.74) is 2.62. The second kappa shape index (κ2) is 4.89. The topological polar surface area (TPSA) is 35.5 Å². The molecule has 1 aromatic carbocycles. The maximum Gasteiger partial charge on any atom is 0.0681 e. The summed E-state index contributed by atoms with van der Waals surface area (Å²) in [4.78, 5) is 2.62. The number of hydrogen-bond acceptors (Lipinski definition) is 3. The molecule has 104 valence electrons. The van der Waals surface area contributed by atoms with Crippen LogP contribution in [-0.4, -0.2) is 35.2 Å². The number of fused-ring (bicyclic) bond motifs is 1. The van der Waals surface area contributed by atoms with E-state index in [1.807, 2.05) is 12.1 Å². The van der Waals surface area contributed by atoms with Crippen LogP contribution in [0, 0.1) is 11.8 Å². The van der Waals surface area contributed by atoms with Gasteiger partial charge >= 0.3 is 0 Å². The van der Waals surface area contributed by atoms with E-state index in [0.29, 0.717) is 0 Å². The normalized spacial score (nSPS) is 29.6. The van der Waals surface area contributed by atoms with Crippen molar-refractivity contribution in [3.8, 4) is 0 Å². The van der Waals surface area contributed by atoms with E-state index in [1.54, 1.807) is 0 Å². The van der Waals surface area contributed by atoms with E-state index >= 15 is 0 Å². The molecule has 3 rings (SSSR count). The van der Waals surface area contributed by atoms with Crippen LogP contribution in [0.3, 0.4) is 0 Å². The van der Waals surface area contributed by atoms with Gasteiger partial charge in [-0.15, -0.1) is 0 Å². The molecule has 0 radical (unpaired) electrons. The van der Waals surface area contributed by atoms with Crippen LogP contribution < -0.4 is 5.32 Å². The second-order valence-electron chi connectivity index (χ2n) is 6.53. The van der Waals surface area contributed by atoms with Crippen LogP contribution in [0.1, 0.15) is 25.0 Å². The maximum atomic E-state index is 9.09. The fraction of sp³-hybridized carbons (Fsp3) is 0.625. The molecule has 0 spiro atoms. The minimum absolute atomic E-state index is 0.130. The first-order valence-corrected chi connectivity index (χ1v) is 7.25. The standard InChI is InChI=1S/C16H24N2O/c1-16(2)15-8-17-7-14(15)10-18(16)9-12-3-5-13(11-19)6-4-12/h3-6,14-15,17,19H,7-11H2,1-2H3. The fourth-order valence-electron chi connectivity index (χ4n) is 3.74. The first-order valence-electron chi connectivity index (χ1n) is 7.25. The van der Waals surface area contributed by atoms with Crippen molar-refractivity contribution in [2.45, 2.75) is 32.5 Å². The Morgan fingerprint density at radius 1 is 1.21 bits per heavy atom. The van der Waals surface area contributed by atoms with Crippen molar-refractivity contribution in [3.63, 3.8) is 0 Å². The molecule has 2 saturated heterocycles. The highest BCUT2D eigenvalue weighted by molar-refractivity contribution is 5.22. The summed E-state index contributed by atoms with van der Waals surface area (Å²) in [5.74, 6) is 1.59. The molecule has 2 aliphatic rings. The number of likely N-dealkylation sites (tertiary alicyclic amines) is 1. The molecule has 0 bridgehead atoms. The molecule has 2 heterocycles. The monoisotopic (exact) mass is 260 g/mol. The quantitative estimate of drug-likeness (QED) is 0.867. The van der Waals surface area contributed by atoms with Crippen molar-refractivity contribution >= 4 is 0 Å². The van der Waals surface area contributed by atoms with Gasteiger partial charge < -0.3 is 10.4 Å². The predicted molar refractivity (Wildman–Crippen MR) is 76.7 cm³/mol. The zero-order valence-corrected chi connectivity index (χ0v) is 11.9. The minimum Gasteiger partial charge on any atom is -0.392 e. The van der Waals surface area contributed by atoms with Crippen LogP contribution in [0.25, 0.3) is 0 Å². The molecule has 0 aromatic heterocycles. The third-order valence-electron chi connectivity index (χ3n) is 5.10. The van der Waals surface area contributed by atoms with Gasteiger partial charge in [0, 0.05) is 25.2 Å². The summed E-state index contributed by atoms with van der Waals surface area (Å²) in [6, 6.07) is 8.35. The molecular weight excluding hydrogens is 236 g/mol. The number of rotatable bonds is 3. The fourth-order valence-corrected chi connectivity index (χ4v) is 3.74. The van der Waals surface area contributed by atoms with Crippen molar-refractivity contribution in [1.29, 1.82) is 0 Å². The molecule has 0 saturated carbocycles. The third kappa shape index (κ3) is 2.31. The van der Waals surface area contributed by atoms with Crippen molar-refractivity contribution in [3.05, 3.63) is 35.4 Å². The number of nitrogens with zero attached hydrogens (tertiary/aromatic N) is 1. The average Bonchev–Trinajstić information content (AvgIpc) is 2.95. The minimum atomic E-state index is 0.130. The van der Waals surface area contributed by atoms with Crippen molar-refractivity contribution < 1.29 is 5.11 Å². The van der Waals surface area contributed by atoms with E-state index in [0.717, 1.165) is 30.5 Å². The summed E-state index contributed by atoms with van der Waals surface area (Å²) in [6.45, 7) is 9.45. The lowest BCUT2D eigenvalue weighted by atomic mass is 9.85. The Balaban J connectivity index is 1.72. The van der Waals surface area contributed by atoms with Gasteiger partial charge in [-0.25, -0.2) is 0 Å². The molecule has 2 fully saturated rings. The molecule has 2 N–H and O–H groups in total. The van der Waals surface area contributed by atoms with Gasteiger partial charge in [0.25, 0.3) is 0 Å². The van der Waals surface area contributed by atoms with Gasteiger partial charge in [0.2, 0.25) is 0 Å². The van der Waals surface area contributed by atoms with E-state index < -0.39 is 0 Å². The molecule has 2 aliphatic heterocycles. The van der Waals surface area contributed by atoms with Gasteiger partial charge in [-0.05, 0) is 43.4 Å². The highest BCUT2D eigenvalue weighted by Crippen LogP contribution is 2.41. The lowest BCUT2D eigenvalue weighted by molar-refractivity contribution is 0.132. The van der Waals surface area contributed by atoms with Crippen LogP contribution in [0.2, 0.25) is 0 Å². The smallest absolute Gasteiger partial charge is 0.0681 e. The molecule has 1 aromatic rings. The van der Waals surface area contributed by atoms with Crippen LogP contribution in [0.15, 0.2) is 24.3 Å². The third-order valence-corrected chi connectivity index (χ3v) is 5.10. The van der Waals surface area contributed by atoms with Crippen LogP contribution in [-0.2, 0) is 13.2 Å². The van der Waals surface area contributed by atoms with Crippen molar-refractivity contribution in [1.82, 2.24) is 10.2 Å². The molecule has 3 nitrogen and oxygen atoms in total. The number of aliphatic hydroxyl groups excluding tert-OH is 1. The van der Waals surface area contributed by atoms with Crippen molar-refractivity contribution in [2.75, 3.05) is 19.6 Å². The Morgan fingerprint density at radius 3 is 2.53 bits per heavy atom. The number of hydrogen-bond donors (Lipinski definition) is 2. The second-order valence-corrected chi connectivity index (χ2v) is 6.53. The van der Waals surface area contributed by atoms with Crippen LogP contribution in [0.5, 0.6) is 0 Å². The molecular formula is C16H24N2O. The lowest BCUT2D eigenvalue weighted by Gasteiger charge is -2.35. The zero-order valence-electron chi connectivity index (χ0n) is 11.9. The molecule has 19 heavy (non-hydrogen) atoms. The first kappa shape index (κ1) is 13.1. The lowest BCUT2D eigenvalue weighted by Crippen LogP contribution is -2.43. The summed E-state index contributed by atoms with van der Waals surface area (Å²) < 4.78 is 0. The summed E-state index contributed by atoms with van der Waals surface area (Å²) in [7, 11) is 0. The van der Waals surface area contributed by atoms with Gasteiger partial charge in [0.05, 0.1) is 6.61 Å². The first-order chi connectivity index (χ1) is 9.11. The highest BCUT2D eigenvalue weighted by atomic mass is 16.3. The van der Waals surface area contributed by atoms with Gasteiger partial charge in [-0.1, -0.05) is 24.3 Å². The molecule has 0 aliphatic carbocycles. The number of nitrogens with one attached hydrogen (secondary N) is 1. The Labute approximate surface area is 115 Å². The summed E-state index contributed by atoms with van der Waals surface area (Å²) in [5, 5.41) is 12.6. The Bertz CT molecular complexity index is 441. The Kier molecular flexibility index (Phi) is 3.37. The molecule has 3 heteroatoms. The van der Waals surface area contributed by atoms with Gasteiger partial charge in [-0.3, -0.25) is 4.90 Å². The van der Waals surface area contributed by atoms with E-state index in [-0.39, 0.29) is 12.1 Å². The predicted octanol–water partition coefficient (Wildman–Crippen LogP) is 1.61. The van der Waals surface area contributed by atoms with Gasteiger partial charge in [0.1, 0.15) is 0 Å². The van der Waals surface area contributed by atoms with Crippen molar-refractivity contribution in [2.24, 2.45) is 11.8 Å². The van der Waals surface area contributed by atoms with E-state index in [1.165, 1.54) is 18.7 Å². The van der Waals surface area contributed by atoms with Crippen LogP contribution in [0.4, 0.5) is 0 Å². The van der Waals surface area contributed by atoms with E-state index in [9.17, 15) is 0 Å². The number of aliphatic hydroxyl groups is 1. The Morgan fingerprint density at radius 2 is 1.89 bits per heavy atom. The van der Waals surface area contributed by atoms with Crippen LogP contribution >= 0.6 is 0 Å². The number of benzene rings is 1. The van der Waals surface area contributed by atoms with E-state index in [4.69, 9.17) is 5.11 Å². The van der Waals surface area contributed by atoms with Gasteiger partial charge in [0.15, 0.2) is 0 Å². The highest BCUT2D eigenvalue weighted by Gasteiger charge is 2.49. The van der Waals surface area contributed by atoms with Gasteiger partial charge in [-0.2, -0.15) is 0 Å². The molecule has 2 atom stereocenters. The molecule has 0 amide bonds. The molecule has 2 unspecified atom stereocenters. The average molecular weight is 260 g/mol. The zero-order chi connectivity index (χ0) is 13.5. The SMILES string of the molecule is CC1(C)C2CNCC2CN1Cc1ccc(CO)cc1. The Hall–Kier alpha value is -0.900. The largest absolute Gasteiger partial charge is 0.392 e. The summed E-state index contributed by atoms with van der Waals surface area (Å²) in [6.07, 6.45) is 0. The maximum absolute atomic E-state index is 9.09. The summed E-state index contributed by atoms with van der Waals surface area (Å²) >= 11 is 0. The van der Waals surface area contributed by atoms with E-state index in [2.05, 4.69) is 36.2 Å².